The number of aliphatic hydroxyl groups is 3. The number of benzene rings is 1. The molecule has 13 heteroatoms. The highest BCUT2D eigenvalue weighted by atomic mass is 19.4. The van der Waals surface area contributed by atoms with Crippen LogP contribution >= 0.6 is 0 Å². The summed E-state index contributed by atoms with van der Waals surface area (Å²) in [4.78, 5) is 12.5. The van der Waals surface area contributed by atoms with Gasteiger partial charge in [-0.15, -0.1) is 13.2 Å². The van der Waals surface area contributed by atoms with Gasteiger partial charge in [-0.25, -0.2) is 15.0 Å². The van der Waals surface area contributed by atoms with Crippen LogP contribution in [-0.2, 0) is 11.3 Å². The molecule has 1 aliphatic heterocycles. The molecule has 1 saturated heterocycles. The van der Waals surface area contributed by atoms with E-state index in [4.69, 9.17) is 4.74 Å². The number of fused-ring (bicyclic) bond motifs is 1. The second-order valence-electron chi connectivity index (χ2n) is 6.82. The van der Waals surface area contributed by atoms with Crippen molar-refractivity contribution in [2.75, 3.05) is 11.9 Å². The Morgan fingerprint density at radius 1 is 1.10 bits per heavy atom. The van der Waals surface area contributed by atoms with Crippen molar-refractivity contribution in [1.29, 1.82) is 0 Å². The Morgan fingerprint density at radius 3 is 2.48 bits per heavy atom. The van der Waals surface area contributed by atoms with E-state index in [1.807, 2.05) is 0 Å². The molecule has 0 spiro atoms. The first-order chi connectivity index (χ1) is 14.8. The van der Waals surface area contributed by atoms with Crippen LogP contribution < -0.4 is 10.1 Å². The molecule has 1 fully saturated rings. The molecule has 10 nitrogen and oxygen atoms in total. The average molecular weight is 441 g/mol. The zero-order valence-electron chi connectivity index (χ0n) is 15.8. The Balaban J connectivity index is 1.50. The lowest BCUT2D eigenvalue weighted by atomic mass is 10.1. The van der Waals surface area contributed by atoms with Crippen LogP contribution in [0.4, 0.5) is 19.0 Å². The first-order valence-corrected chi connectivity index (χ1v) is 9.15. The smallest absolute Gasteiger partial charge is 0.406 e. The zero-order valence-corrected chi connectivity index (χ0v) is 15.8. The van der Waals surface area contributed by atoms with Crippen molar-refractivity contribution in [3.63, 3.8) is 0 Å². The SMILES string of the molecule is OC[C@H]1O[C@@H](n2cnc3c(NCc4ccc(OC(F)(F)F)cc4)ncnc32)C(O)[C@H]1O. The van der Waals surface area contributed by atoms with Crippen LogP contribution in [0.3, 0.4) is 0 Å². The maximum Gasteiger partial charge on any atom is 0.573 e. The highest BCUT2D eigenvalue weighted by molar-refractivity contribution is 5.82. The molecule has 4 N–H and O–H groups in total. The van der Waals surface area contributed by atoms with Crippen LogP contribution in [0.25, 0.3) is 11.2 Å². The topological polar surface area (TPSA) is 135 Å². The maximum absolute atomic E-state index is 12.3. The molecule has 0 radical (unpaired) electrons. The van der Waals surface area contributed by atoms with Gasteiger partial charge in [-0.3, -0.25) is 4.57 Å². The molecule has 1 aromatic carbocycles. The number of rotatable bonds is 6. The fourth-order valence-corrected chi connectivity index (χ4v) is 3.27. The number of hydrogen-bond donors (Lipinski definition) is 4. The summed E-state index contributed by atoms with van der Waals surface area (Å²) in [7, 11) is 0. The van der Waals surface area contributed by atoms with Crippen LogP contribution in [0.5, 0.6) is 5.75 Å². The van der Waals surface area contributed by atoms with E-state index in [9.17, 15) is 28.5 Å². The van der Waals surface area contributed by atoms with Crippen LogP contribution in [0, 0.1) is 0 Å². The fraction of sp³-hybridized carbons (Fsp3) is 0.389. The normalized spacial score (nSPS) is 23.9. The molecule has 0 aliphatic carbocycles. The van der Waals surface area contributed by atoms with Crippen molar-refractivity contribution in [1.82, 2.24) is 19.5 Å². The number of anilines is 1. The molecule has 3 aromatic rings. The lowest BCUT2D eigenvalue weighted by molar-refractivity contribution is -0.274. The number of nitrogens with one attached hydrogen (secondary N) is 1. The summed E-state index contributed by atoms with van der Waals surface area (Å²) < 4.78 is 47.5. The summed E-state index contributed by atoms with van der Waals surface area (Å²) in [6, 6.07) is 5.36. The lowest BCUT2D eigenvalue weighted by Gasteiger charge is -2.16. The van der Waals surface area contributed by atoms with E-state index < -0.39 is 37.5 Å². The third-order valence-corrected chi connectivity index (χ3v) is 4.77. The van der Waals surface area contributed by atoms with E-state index in [1.54, 1.807) is 0 Å². The average Bonchev–Trinajstić information content (AvgIpc) is 3.28. The Kier molecular flexibility index (Phi) is 5.66. The highest BCUT2D eigenvalue weighted by Crippen LogP contribution is 2.32. The van der Waals surface area contributed by atoms with Gasteiger partial charge in [-0.2, -0.15) is 0 Å². The molecule has 3 heterocycles. The summed E-state index contributed by atoms with van der Waals surface area (Å²) >= 11 is 0. The molecule has 0 bridgehead atoms. The van der Waals surface area contributed by atoms with Gasteiger partial charge in [0.25, 0.3) is 0 Å². The van der Waals surface area contributed by atoms with Gasteiger partial charge in [0.1, 0.15) is 30.4 Å². The number of hydrogen-bond acceptors (Lipinski definition) is 9. The summed E-state index contributed by atoms with van der Waals surface area (Å²) in [5, 5.41) is 32.5. The minimum absolute atomic E-state index is 0.235. The molecule has 1 unspecified atom stereocenters. The molecular formula is C18H18F3N5O5. The fourth-order valence-electron chi connectivity index (χ4n) is 3.27. The predicted octanol–water partition coefficient (Wildman–Crippen LogP) is 0.949. The molecule has 0 amide bonds. The van der Waals surface area contributed by atoms with E-state index in [2.05, 4.69) is 25.0 Å². The van der Waals surface area contributed by atoms with Crippen molar-refractivity contribution in [2.24, 2.45) is 0 Å². The first kappa shape index (κ1) is 21.2. The van der Waals surface area contributed by atoms with Crippen LogP contribution in [-0.4, -0.2) is 66.1 Å². The Labute approximate surface area is 172 Å². The molecule has 166 valence electrons. The summed E-state index contributed by atoms with van der Waals surface area (Å²) in [6.07, 6.45) is -6.62. The largest absolute Gasteiger partial charge is 0.573 e. The molecule has 2 aromatic heterocycles. The number of ether oxygens (including phenoxy) is 2. The molecule has 1 aliphatic rings. The molecule has 31 heavy (non-hydrogen) atoms. The Morgan fingerprint density at radius 2 is 1.84 bits per heavy atom. The molecular weight excluding hydrogens is 423 g/mol. The van der Waals surface area contributed by atoms with Gasteiger partial charge in [0.05, 0.1) is 12.9 Å². The second kappa shape index (κ2) is 8.26. The van der Waals surface area contributed by atoms with Crippen molar-refractivity contribution in [3.05, 3.63) is 42.5 Å². The van der Waals surface area contributed by atoms with Crippen molar-refractivity contribution in [2.45, 2.75) is 37.4 Å². The number of aromatic nitrogens is 4. The number of imidazole rings is 1. The van der Waals surface area contributed by atoms with Gasteiger partial charge in [0.2, 0.25) is 0 Å². The standard InChI is InChI=1S/C18H18F3N5O5/c19-18(20,21)31-10-3-1-9(2-4-10)5-22-15-12-16(24-7-23-15)26(8-25-12)17-14(29)13(28)11(6-27)30-17/h1-4,7-8,11,13-14,17,27-29H,5-6H2,(H,22,23,24)/t11-,13+,14?,17-/m1/s1. The number of aliphatic hydroxyl groups excluding tert-OH is 3. The van der Waals surface area contributed by atoms with E-state index >= 15 is 0 Å². The van der Waals surface area contributed by atoms with Crippen molar-refractivity contribution < 1.29 is 38.0 Å². The van der Waals surface area contributed by atoms with Gasteiger partial charge < -0.3 is 30.1 Å². The quantitative estimate of drug-likeness (QED) is 0.441. The Hall–Kier alpha value is -3.00. The van der Waals surface area contributed by atoms with Crippen LogP contribution in [0.2, 0.25) is 0 Å². The van der Waals surface area contributed by atoms with Gasteiger partial charge in [-0.05, 0) is 17.7 Å². The van der Waals surface area contributed by atoms with Gasteiger partial charge in [0, 0.05) is 6.54 Å². The monoisotopic (exact) mass is 441 g/mol. The number of nitrogens with zero attached hydrogens (tertiary/aromatic N) is 4. The zero-order chi connectivity index (χ0) is 22.2. The maximum atomic E-state index is 12.3. The van der Waals surface area contributed by atoms with Crippen molar-refractivity contribution >= 4 is 17.0 Å². The molecule has 0 saturated carbocycles. The van der Waals surface area contributed by atoms with Gasteiger partial charge >= 0.3 is 6.36 Å². The first-order valence-electron chi connectivity index (χ1n) is 9.15. The minimum atomic E-state index is -4.75. The molecule has 4 rings (SSSR count). The second-order valence-corrected chi connectivity index (χ2v) is 6.82. The van der Waals surface area contributed by atoms with Crippen LogP contribution in [0.1, 0.15) is 11.8 Å². The highest BCUT2D eigenvalue weighted by Gasteiger charge is 2.44. The third-order valence-electron chi connectivity index (χ3n) is 4.77. The van der Waals surface area contributed by atoms with E-state index in [0.29, 0.717) is 22.5 Å². The van der Waals surface area contributed by atoms with E-state index in [-0.39, 0.29) is 12.3 Å². The Bertz CT molecular complexity index is 1050. The third kappa shape index (κ3) is 4.39. The summed E-state index contributed by atoms with van der Waals surface area (Å²) in [5.41, 5.74) is 1.35. The van der Waals surface area contributed by atoms with Gasteiger partial charge in [0.15, 0.2) is 23.2 Å². The van der Waals surface area contributed by atoms with E-state index in [0.717, 1.165) is 0 Å². The summed E-state index contributed by atoms with van der Waals surface area (Å²) in [6.45, 7) is -0.227. The minimum Gasteiger partial charge on any atom is -0.406 e. The number of halogens is 3. The number of alkyl halides is 3. The molecule has 4 atom stereocenters. The van der Waals surface area contributed by atoms with Crippen molar-refractivity contribution in [3.8, 4) is 5.75 Å². The van der Waals surface area contributed by atoms with E-state index in [1.165, 1.54) is 41.5 Å². The summed E-state index contributed by atoms with van der Waals surface area (Å²) in [5.74, 6) is 0.0315. The van der Waals surface area contributed by atoms with Crippen LogP contribution in [0.15, 0.2) is 36.9 Å². The predicted molar refractivity (Wildman–Crippen MR) is 98.8 cm³/mol. The van der Waals surface area contributed by atoms with Gasteiger partial charge in [-0.1, -0.05) is 12.1 Å². The lowest BCUT2D eigenvalue weighted by Crippen LogP contribution is -2.33.